The Bertz CT molecular complexity index is 560. The summed E-state index contributed by atoms with van der Waals surface area (Å²) in [5.41, 5.74) is -0.109. The van der Waals surface area contributed by atoms with Gasteiger partial charge >= 0.3 is 5.97 Å². The van der Waals surface area contributed by atoms with E-state index in [-0.39, 0.29) is 29.1 Å². The summed E-state index contributed by atoms with van der Waals surface area (Å²) in [7, 11) is 0. The van der Waals surface area contributed by atoms with Gasteiger partial charge in [-0.15, -0.1) is 0 Å². The molecule has 1 aromatic carbocycles. The zero-order valence-corrected chi connectivity index (χ0v) is 14.8. The zero-order chi connectivity index (χ0) is 17.3. The first-order valence-electron chi connectivity index (χ1n) is 8.26. The first-order valence-corrected chi connectivity index (χ1v) is 8.26. The molecule has 1 aromatic rings. The Hall–Kier alpha value is -1.84. The maximum Gasteiger partial charge on any atom is 0.338 e. The van der Waals surface area contributed by atoms with Crippen molar-refractivity contribution in [2.45, 2.75) is 71.1 Å². The van der Waals surface area contributed by atoms with Crippen LogP contribution in [0.1, 0.15) is 64.2 Å². The lowest BCUT2D eigenvalue weighted by Crippen LogP contribution is -2.64. The zero-order valence-electron chi connectivity index (χ0n) is 14.8. The van der Waals surface area contributed by atoms with Gasteiger partial charge in [-0.05, 0) is 39.8 Å². The third kappa shape index (κ3) is 3.74. The van der Waals surface area contributed by atoms with E-state index in [4.69, 9.17) is 4.74 Å². The van der Waals surface area contributed by atoms with E-state index in [0.29, 0.717) is 24.8 Å². The minimum Gasteiger partial charge on any atom is -0.459 e. The Morgan fingerprint density at radius 2 is 1.61 bits per heavy atom. The monoisotopic (exact) mass is 317 g/mol. The molecule has 1 aliphatic rings. The number of ether oxygens (including phenoxy) is 1. The van der Waals surface area contributed by atoms with E-state index < -0.39 is 0 Å². The van der Waals surface area contributed by atoms with E-state index in [1.54, 1.807) is 12.1 Å². The first-order chi connectivity index (χ1) is 10.7. The summed E-state index contributed by atoms with van der Waals surface area (Å²) in [5, 5.41) is 0. The number of hydrogen-bond acceptors (Lipinski definition) is 3. The fourth-order valence-corrected chi connectivity index (χ4v) is 3.90. The molecule has 0 N–H and O–H groups in total. The van der Waals surface area contributed by atoms with Crippen molar-refractivity contribution in [3.8, 4) is 0 Å². The summed E-state index contributed by atoms with van der Waals surface area (Å²) in [6.07, 6.45) is 1.61. The van der Waals surface area contributed by atoms with Gasteiger partial charge in [0.1, 0.15) is 6.10 Å². The van der Waals surface area contributed by atoms with Gasteiger partial charge in [0.15, 0.2) is 0 Å². The van der Waals surface area contributed by atoms with Crippen molar-refractivity contribution in [3.05, 3.63) is 35.9 Å². The number of likely N-dealkylation sites (tertiary alicyclic amines) is 1. The molecule has 0 atom stereocenters. The van der Waals surface area contributed by atoms with Gasteiger partial charge < -0.3 is 9.64 Å². The van der Waals surface area contributed by atoms with E-state index >= 15 is 0 Å². The summed E-state index contributed by atoms with van der Waals surface area (Å²) < 4.78 is 5.73. The summed E-state index contributed by atoms with van der Waals surface area (Å²) in [6.45, 7) is 10.1. The van der Waals surface area contributed by atoms with Crippen LogP contribution in [0.2, 0.25) is 0 Å². The van der Waals surface area contributed by atoms with Gasteiger partial charge in [0.2, 0.25) is 5.91 Å². The van der Waals surface area contributed by atoms with Crippen LogP contribution in [0.3, 0.4) is 0 Å². The Labute approximate surface area is 138 Å². The molecule has 1 amide bonds. The largest absolute Gasteiger partial charge is 0.459 e. The molecule has 1 saturated heterocycles. The third-order valence-corrected chi connectivity index (χ3v) is 4.50. The van der Waals surface area contributed by atoms with E-state index in [9.17, 15) is 9.59 Å². The van der Waals surface area contributed by atoms with Crippen LogP contribution in [-0.4, -0.2) is 34.0 Å². The number of carbonyl (C=O) groups is 2. The average molecular weight is 317 g/mol. The Morgan fingerprint density at radius 1 is 1.09 bits per heavy atom. The summed E-state index contributed by atoms with van der Waals surface area (Å²) in [5.74, 6) is -0.148. The quantitative estimate of drug-likeness (QED) is 0.797. The van der Waals surface area contributed by atoms with Crippen LogP contribution in [0.4, 0.5) is 0 Å². The van der Waals surface area contributed by atoms with Gasteiger partial charge in [0.05, 0.1) is 5.56 Å². The number of hydrogen-bond donors (Lipinski definition) is 0. The van der Waals surface area contributed by atoms with Crippen LogP contribution < -0.4 is 0 Å². The van der Waals surface area contributed by atoms with Crippen molar-refractivity contribution < 1.29 is 14.3 Å². The topological polar surface area (TPSA) is 46.6 Å². The van der Waals surface area contributed by atoms with E-state index in [1.807, 2.05) is 57.7 Å². The highest BCUT2D eigenvalue weighted by Gasteiger charge is 2.48. The second kappa shape index (κ2) is 6.34. The summed E-state index contributed by atoms with van der Waals surface area (Å²) in [6, 6.07) is 9.04. The molecule has 0 radical (unpaired) electrons. The number of amides is 1. The third-order valence-electron chi connectivity index (χ3n) is 4.50. The number of benzene rings is 1. The molecule has 1 fully saturated rings. The van der Waals surface area contributed by atoms with Crippen molar-refractivity contribution in [1.82, 2.24) is 4.90 Å². The highest BCUT2D eigenvalue weighted by atomic mass is 16.5. The molecule has 1 aliphatic heterocycles. The number of piperidine rings is 1. The van der Waals surface area contributed by atoms with Crippen LogP contribution >= 0.6 is 0 Å². The molecule has 0 spiro atoms. The molecule has 0 aliphatic carbocycles. The minimum absolute atomic E-state index is 0.146. The molecule has 0 saturated carbocycles. The van der Waals surface area contributed by atoms with Gasteiger partial charge in [-0.25, -0.2) is 4.79 Å². The van der Waals surface area contributed by atoms with Gasteiger partial charge in [0.25, 0.3) is 0 Å². The molecule has 4 heteroatoms. The van der Waals surface area contributed by atoms with Crippen LogP contribution in [0, 0.1) is 0 Å². The maximum atomic E-state index is 12.4. The van der Waals surface area contributed by atoms with Crippen molar-refractivity contribution in [1.29, 1.82) is 0 Å². The predicted octanol–water partition coefficient (Wildman–Crippen LogP) is 3.80. The van der Waals surface area contributed by atoms with Crippen LogP contribution in [0.25, 0.3) is 0 Å². The standard InChI is InChI=1S/C19H27NO3/c1-6-16(21)20-18(2,3)12-15(13-19(20,4)5)23-17(22)14-10-8-7-9-11-14/h7-11,15H,6,12-13H2,1-5H3. The van der Waals surface area contributed by atoms with Crippen LogP contribution in [0.5, 0.6) is 0 Å². The van der Waals surface area contributed by atoms with Crippen LogP contribution in [-0.2, 0) is 9.53 Å². The average Bonchev–Trinajstić information content (AvgIpc) is 2.45. The number of rotatable bonds is 3. The maximum absolute atomic E-state index is 12.4. The summed E-state index contributed by atoms with van der Waals surface area (Å²) in [4.78, 5) is 26.6. The molecule has 4 nitrogen and oxygen atoms in total. The Balaban J connectivity index is 2.16. The van der Waals surface area contributed by atoms with Crippen LogP contribution in [0.15, 0.2) is 30.3 Å². The van der Waals surface area contributed by atoms with E-state index in [1.165, 1.54) is 0 Å². The van der Waals surface area contributed by atoms with Gasteiger partial charge in [-0.2, -0.15) is 0 Å². The number of carbonyl (C=O) groups excluding carboxylic acids is 2. The van der Waals surface area contributed by atoms with Crippen molar-refractivity contribution in [2.75, 3.05) is 0 Å². The molecule has 0 aromatic heterocycles. The minimum atomic E-state index is -0.337. The smallest absolute Gasteiger partial charge is 0.338 e. The lowest BCUT2D eigenvalue weighted by atomic mass is 9.77. The first kappa shape index (κ1) is 17.5. The highest BCUT2D eigenvalue weighted by molar-refractivity contribution is 5.89. The normalized spacial score (nSPS) is 20.1. The Morgan fingerprint density at radius 3 is 2.09 bits per heavy atom. The van der Waals surface area contributed by atoms with Crippen molar-refractivity contribution in [3.63, 3.8) is 0 Å². The second-order valence-electron chi connectivity index (χ2n) is 7.51. The molecule has 23 heavy (non-hydrogen) atoms. The van der Waals surface area contributed by atoms with E-state index in [0.717, 1.165) is 0 Å². The van der Waals surface area contributed by atoms with Crippen molar-refractivity contribution in [2.24, 2.45) is 0 Å². The predicted molar refractivity (Wildman–Crippen MR) is 90.2 cm³/mol. The SMILES string of the molecule is CCC(=O)N1C(C)(C)CC(OC(=O)c2ccccc2)CC1(C)C. The molecule has 0 bridgehead atoms. The Kier molecular flexibility index (Phi) is 4.83. The van der Waals surface area contributed by atoms with Gasteiger partial charge in [0, 0.05) is 30.3 Å². The summed E-state index contributed by atoms with van der Waals surface area (Å²) >= 11 is 0. The molecule has 0 unspecified atom stereocenters. The van der Waals surface area contributed by atoms with Crippen molar-refractivity contribution >= 4 is 11.9 Å². The lowest BCUT2D eigenvalue weighted by molar-refractivity contribution is -0.154. The molecule has 2 rings (SSSR count). The fraction of sp³-hybridized carbons (Fsp3) is 0.579. The fourth-order valence-electron chi connectivity index (χ4n) is 3.90. The second-order valence-corrected chi connectivity index (χ2v) is 7.51. The molecular formula is C19H27NO3. The van der Waals surface area contributed by atoms with E-state index in [2.05, 4.69) is 0 Å². The number of esters is 1. The van der Waals surface area contributed by atoms with Gasteiger partial charge in [-0.3, -0.25) is 4.79 Å². The highest BCUT2D eigenvalue weighted by Crippen LogP contribution is 2.40. The molecular weight excluding hydrogens is 290 g/mol. The molecule has 126 valence electrons. The lowest BCUT2D eigenvalue weighted by Gasteiger charge is -2.54. The number of nitrogens with zero attached hydrogens (tertiary/aromatic N) is 1. The molecule has 1 heterocycles. The van der Waals surface area contributed by atoms with Gasteiger partial charge in [-0.1, -0.05) is 25.1 Å².